The van der Waals surface area contributed by atoms with Crippen molar-refractivity contribution in [3.63, 3.8) is 0 Å². The van der Waals surface area contributed by atoms with Crippen LogP contribution in [-0.4, -0.2) is 53.4 Å². The van der Waals surface area contributed by atoms with E-state index in [-0.39, 0.29) is 11.8 Å². The predicted molar refractivity (Wildman–Crippen MR) is 150 cm³/mol. The minimum absolute atomic E-state index is 0.152. The van der Waals surface area contributed by atoms with Gasteiger partial charge in [0.15, 0.2) is 0 Å². The van der Waals surface area contributed by atoms with E-state index >= 15 is 0 Å². The molecule has 0 spiro atoms. The van der Waals surface area contributed by atoms with E-state index in [1.54, 1.807) is 42.0 Å². The molecule has 0 saturated carbocycles. The molecule has 0 bridgehead atoms. The highest BCUT2D eigenvalue weighted by Gasteiger charge is 2.45. The Balaban J connectivity index is 1.47. The summed E-state index contributed by atoms with van der Waals surface area (Å²) in [5.74, 6) is -0.325. The van der Waals surface area contributed by atoms with Crippen LogP contribution < -0.4 is 9.80 Å². The molecule has 196 valence electrons. The van der Waals surface area contributed by atoms with Gasteiger partial charge in [0.05, 0.1) is 22.6 Å². The molecular formula is C29H37N5O2S. The number of rotatable bonds is 10. The number of carbonyl (C=O) groups is 2. The fourth-order valence-electron chi connectivity index (χ4n) is 4.89. The number of carbonyl (C=O) groups excluding carboxylic acids is 2. The summed E-state index contributed by atoms with van der Waals surface area (Å²) < 4.78 is 0. The standard InChI is InChI=1S/C29H37N5O2S/c1-6-34-24-12-11-22(17-25(24)32(5)27(35)29(3,4)28(34)36)10-8-15-33(19-26-21(2)31-20-37-26)16-13-23-9-7-14-30-18-23/h7,9,11-12,14,17-18,20H,6,8,10,13,15-16,19H2,1-5H3. The van der Waals surface area contributed by atoms with Crippen molar-refractivity contribution >= 4 is 34.5 Å². The number of aryl methyl sites for hydroxylation is 2. The number of pyridine rings is 1. The molecule has 0 atom stereocenters. The van der Waals surface area contributed by atoms with Gasteiger partial charge >= 0.3 is 0 Å². The van der Waals surface area contributed by atoms with Crippen LogP contribution in [-0.2, 0) is 29.0 Å². The molecule has 0 fully saturated rings. The maximum absolute atomic E-state index is 13.1. The number of aromatic nitrogens is 2. The minimum atomic E-state index is -1.09. The lowest BCUT2D eigenvalue weighted by molar-refractivity contribution is -0.137. The van der Waals surface area contributed by atoms with Crippen molar-refractivity contribution in [2.24, 2.45) is 5.41 Å². The van der Waals surface area contributed by atoms with Crippen LogP contribution in [0.1, 0.15) is 48.9 Å². The second-order valence-electron chi connectivity index (χ2n) is 10.2. The lowest BCUT2D eigenvalue weighted by Crippen LogP contribution is -2.47. The van der Waals surface area contributed by atoms with Gasteiger partial charge in [0.2, 0.25) is 11.8 Å². The Morgan fingerprint density at radius 3 is 2.51 bits per heavy atom. The molecule has 0 unspecified atom stereocenters. The van der Waals surface area contributed by atoms with Crippen LogP contribution in [0.2, 0.25) is 0 Å². The summed E-state index contributed by atoms with van der Waals surface area (Å²) in [6, 6.07) is 10.3. The number of anilines is 2. The number of hydrogen-bond donors (Lipinski definition) is 0. The Labute approximate surface area is 224 Å². The maximum atomic E-state index is 13.1. The molecule has 0 aliphatic carbocycles. The van der Waals surface area contributed by atoms with Crippen molar-refractivity contribution in [2.75, 3.05) is 36.5 Å². The maximum Gasteiger partial charge on any atom is 0.242 e. The first kappa shape index (κ1) is 26.9. The van der Waals surface area contributed by atoms with Gasteiger partial charge in [-0.1, -0.05) is 12.1 Å². The van der Waals surface area contributed by atoms with E-state index in [1.165, 1.54) is 16.0 Å². The van der Waals surface area contributed by atoms with Gasteiger partial charge in [-0.15, -0.1) is 11.3 Å². The van der Waals surface area contributed by atoms with Gasteiger partial charge in [-0.25, -0.2) is 4.98 Å². The SMILES string of the molecule is CCN1C(=O)C(C)(C)C(=O)N(C)c2cc(CCCN(CCc3cccnc3)Cc3scnc3C)ccc21. The van der Waals surface area contributed by atoms with Crippen LogP contribution in [0.25, 0.3) is 0 Å². The molecule has 0 N–H and O–H groups in total. The van der Waals surface area contributed by atoms with Crippen LogP contribution in [0.4, 0.5) is 11.4 Å². The number of thiazole rings is 1. The van der Waals surface area contributed by atoms with Crippen LogP contribution in [0, 0.1) is 12.3 Å². The van der Waals surface area contributed by atoms with E-state index in [0.29, 0.717) is 6.54 Å². The van der Waals surface area contributed by atoms with E-state index in [0.717, 1.165) is 56.0 Å². The highest BCUT2D eigenvalue weighted by molar-refractivity contribution is 7.09. The van der Waals surface area contributed by atoms with E-state index in [2.05, 4.69) is 40.0 Å². The average molecular weight is 520 g/mol. The molecule has 3 aromatic rings. The van der Waals surface area contributed by atoms with Crippen molar-refractivity contribution in [1.29, 1.82) is 0 Å². The highest BCUT2D eigenvalue weighted by atomic mass is 32.1. The summed E-state index contributed by atoms with van der Waals surface area (Å²) in [6.07, 6.45) is 6.58. The van der Waals surface area contributed by atoms with Crippen molar-refractivity contribution < 1.29 is 9.59 Å². The molecule has 8 heteroatoms. The lowest BCUT2D eigenvalue weighted by Gasteiger charge is -2.27. The van der Waals surface area contributed by atoms with Gasteiger partial charge < -0.3 is 9.80 Å². The molecule has 2 aromatic heterocycles. The zero-order valence-electron chi connectivity index (χ0n) is 22.5. The minimum Gasteiger partial charge on any atom is -0.313 e. The topological polar surface area (TPSA) is 69.6 Å². The Morgan fingerprint density at radius 1 is 1.03 bits per heavy atom. The van der Waals surface area contributed by atoms with Gasteiger partial charge in [0.1, 0.15) is 5.41 Å². The van der Waals surface area contributed by atoms with Crippen LogP contribution in [0.3, 0.4) is 0 Å². The third-order valence-corrected chi connectivity index (χ3v) is 8.14. The normalized spacial score (nSPS) is 15.3. The first-order chi connectivity index (χ1) is 17.7. The number of hydrogen-bond acceptors (Lipinski definition) is 6. The molecule has 0 radical (unpaired) electrons. The molecule has 1 aliphatic heterocycles. The Morgan fingerprint density at radius 2 is 1.84 bits per heavy atom. The summed E-state index contributed by atoms with van der Waals surface area (Å²) >= 11 is 1.71. The van der Waals surface area contributed by atoms with E-state index in [1.807, 2.05) is 37.0 Å². The van der Waals surface area contributed by atoms with Crippen molar-refractivity contribution in [2.45, 2.75) is 53.5 Å². The Bertz CT molecular complexity index is 1240. The van der Waals surface area contributed by atoms with Crippen LogP contribution in [0.5, 0.6) is 0 Å². The predicted octanol–water partition coefficient (Wildman–Crippen LogP) is 4.88. The van der Waals surface area contributed by atoms with Crippen LogP contribution in [0.15, 0.2) is 48.2 Å². The lowest BCUT2D eigenvalue weighted by atomic mass is 9.90. The van der Waals surface area contributed by atoms with Gasteiger partial charge in [-0.2, -0.15) is 0 Å². The second kappa shape index (κ2) is 11.5. The molecule has 37 heavy (non-hydrogen) atoms. The van der Waals surface area contributed by atoms with Gasteiger partial charge in [-0.05, 0) is 82.8 Å². The van der Waals surface area contributed by atoms with Crippen molar-refractivity contribution in [1.82, 2.24) is 14.9 Å². The summed E-state index contributed by atoms with van der Waals surface area (Å²) in [4.78, 5) is 42.1. The second-order valence-corrected chi connectivity index (χ2v) is 11.2. The molecule has 3 heterocycles. The third kappa shape index (κ3) is 5.91. The summed E-state index contributed by atoms with van der Waals surface area (Å²) in [6.45, 7) is 10.8. The van der Waals surface area contributed by atoms with Gasteiger partial charge in [0.25, 0.3) is 0 Å². The number of amides is 2. The summed E-state index contributed by atoms with van der Waals surface area (Å²) in [5, 5.41) is 0. The van der Waals surface area contributed by atoms with Crippen molar-refractivity contribution in [3.8, 4) is 0 Å². The summed E-state index contributed by atoms with van der Waals surface area (Å²) in [5.41, 5.74) is 5.95. The van der Waals surface area contributed by atoms with Crippen LogP contribution >= 0.6 is 11.3 Å². The zero-order chi connectivity index (χ0) is 26.6. The smallest absolute Gasteiger partial charge is 0.242 e. The first-order valence-corrected chi connectivity index (χ1v) is 13.8. The van der Waals surface area contributed by atoms with Gasteiger partial charge in [0, 0.05) is 44.0 Å². The molecule has 4 rings (SSSR count). The number of benzene rings is 1. The molecule has 1 aromatic carbocycles. The largest absolute Gasteiger partial charge is 0.313 e. The van der Waals surface area contributed by atoms with Crippen molar-refractivity contribution in [3.05, 3.63) is 69.9 Å². The Hall–Kier alpha value is -3.10. The van der Waals surface area contributed by atoms with E-state index in [4.69, 9.17) is 0 Å². The highest BCUT2D eigenvalue weighted by Crippen LogP contribution is 2.38. The molecule has 7 nitrogen and oxygen atoms in total. The molecular weight excluding hydrogens is 482 g/mol. The van der Waals surface area contributed by atoms with Gasteiger partial charge in [-0.3, -0.25) is 19.5 Å². The quantitative estimate of drug-likeness (QED) is 0.357. The first-order valence-electron chi connectivity index (χ1n) is 13.0. The fourth-order valence-corrected chi connectivity index (χ4v) is 5.71. The average Bonchev–Trinajstić information content (AvgIpc) is 3.29. The zero-order valence-corrected chi connectivity index (χ0v) is 23.3. The monoisotopic (exact) mass is 519 g/mol. The Kier molecular flexibility index (Phi) is 8.39. The third-order valence-electron chi connectivity index (χ3n) is 7.22. The number of fused-ring (bicyclic) bond motifs is 1. The molecule has 0 saturated heterocycles. The van der Waals surface area contributed by atoms with E-state index in [9.17, 15) is 9.59 Å². The summed E-state index contributed by atoms with van der Waals surface area (Å²) in [7, 11) is 1.77. The van der Waals surface area contributed by atoms with E-state index < -0.39 is 5.41 Å². The number of nitrogens with zero attached hydrogens (tertiary/aromatic N) is 5. The molecule has 2 amide bonds. The fraction of sp³-hybridized carbons (Fsp3) is 0.448. The molecule has 1 aliphatic rings.